The maximum atomic E-state index is 5.74. The van der Waals surface area contributed by atoms with Crippen LogP contribution in [-0.4, -0.2) is 18.6 Å². The number of rotatable bonds is 7. The predicted octanol–water partition coefficient (Wildman–Crippen LogP) is 5.14. The van der Waals surface area contributed by atoms with Gasteiger partial charge in [-0.25, -0.2) is 0 Å². The van der Waals surface area contributed by atoms with Crippen molar-refractivity contribution in [2.45, 2.75) is 53.8 Å². The summed E-state index contributed by atoms with van der Waals surface area (Å²) in [5.74, 6) is 2.69. The maximum Gasteiger partial charge on any atom is 0.197 e. The van der Waals surface area contributed by atoms with Gasteiger partial charge in [-0.1, -0.05) is 46.8 Å². The number of hydrogen-bond donors (Lipinski definition) is 1. The highest BCUT2D eigenvalue weighted by molar-refractivity contribution is 7.80. The maximum absolute atomic E-state index is 5.74. The first kappa shape index (κ1) is 18.4. The number of thiol groups is 1. The molecule has 1 aromatic rings. The molecule has 0 aliphatic carbocycles. The van der Waals surface area contributed by atoms with Crippen molar-refractivity contribution in [2.24, 2.45) is 11.3 Å². The Morgan fingerprint density at radius 2 is 1.62 bits per heavy atom. The van der Waals surface area contributed by atoms with Gasteiger partial charge in [-0.3, -0.25) is 0 Å². The molecule has 0 aliphatic rings. The van der Waals surface area contributed by atoms with E-state index in [0.717, 1.165) is 5.75 Å². The van der Waals surface area contributed by atoms with Gasteiger partial charge in [-0.15, -0.1) is 0 Å². The van der Waals surface area contributed by atoms with E-state index in [1.807, 2.05) is 19.1 Å². The smallest absolute Gasteiger partial charge is 0.197 e. The third kappa shape index (κ3) is 5.91. The summed E-state index contributed by atoms with van der Waals surface area (Å²) in [7, 11) is 0. The van der Waals surface area contributed by atoms with Gasteiger partial charge in [0.25, 0.3) is 0 Å². The van der Waals surface area contributed by atoms with E-state index in [2.05, 4.69) is 59.4 Å². The largest absolute Gasteiger partial charge is 0.465 e. The molecule has 1 rings (SSSR count). The number of ether oxygens (including phenoxy) is 2. The normalized spacial score (nSPS) is 15.0. The van der Waals surface area contributed by atoms with E-state index < -0.39 is 0 Å². The zero-order valence-corrected chi connectivity index (χ0v) is 15.1. The van der Waals surface area contributed by atoms with Crippen molar-refractivity contribution in [1.82, 2.24) is 0 Å². The molecule has 0 spiro atoms. The zero-order valence-electron chi connectivity index (χ0n) is 14.2. The van der Waals surface area contributed by atoms with Crippen LogP contribution in [0.3, 0.4) is 0 Å². The van der Waals surface area contributed by atoms with Crippen LogP contribution in [0.2, 0.25) is 0 Å². The quantitative estimate of drug-likeness (QED) is 0.555. The summed E-state index contributed by atoms with van der Waals surface area (Å²) in [4.78, 5) is 0. The number of benzene rings is 1. The third-order valence-corrected chi connectivity index (χ3v) is 3.77. The highest BCUT2D eigenvalue weighted by Gasteiger charge is 2.28. The molecule has 2 nitrogen and oxygen atoms in total. The van der Waals surface area contributed by atoms with Crippen molar-refractivity contribution in [1.29, 1.82) is 0 Å². The van der Waals surface area contributed by atoms with Gasteiger partial charge in [0, 0.05) is 5.75 Å². The molecule has 0 fully saturated rings. The molecule has 0 radical (unpaired) electrons. The first-order chi connectivity index (χ1) is 9.75. The molecule has 21 heavy (non-hydrogen) atoms. The fourth-order valence-corrected chi connectivity index (χ4v) is 3.19. The lowest BCUT2D eigenvalue weighted by Gasteiger charge is -2.34. The van der Waals surface area contributed by atoms with Crippen molar-refractivity contribution >= 4 is 12.6 Å². The Morgan fingerprint density at radius 3 is 2.05 bits per heavy atom. The fourth-order valence-electron chi connectivity index (χ4n) is 3.08. The van der Waals surface area contributed by atoms with Gasteiger partial charge in [0.15, 0.2) is 6.29 Å². The predicted molar refractivity (Wildman–Crippen MR) is 93.4 cm³/mol. The fraction of sp³-hybridized carbons (Fsp3) is 0.667. The molecule has 0 saturated carbocycles. The van der Waals surface area contributed by atoms with E-state index in [9.17, 15) is 0 Å². The average Bonchev–Trinajstić information content (AvgIpc) is 2.36. The van der Waals surface area contributed by atoms with Crippen molar-refractivity contribution < 1.29 is 9.47 Å². The average molecular weight is 311 g/mol. The molecule has 0 saturated heterocycles. The molecule has 1 aromatic carbocycles. The van der Waals surface area contributed by atoms with Crippen LogP contribution in [0.4, 0.5) is 0 Å². The SMILES string of the molecule is CC(OCCS)Oc1ccc(C(C(C)C)C(C)(C)C)cc1. The molecular formula is C18H30O2S. The van der Waals surface area contributed by atoms with Gasteiger partial charge in [-0.05, 0) is 41.9 Å². The van der Waals surface area contributed by atoms with Crippen LogP contribution in [0.5, 0.6) is 5.75 Å². The molecule has 0 heterocycles. The van der Waals surface area contributed by atoms with Crippen LogP contribution >= 0.6 is 12.6 Å². The highest BCUT2D eigenvalue weighted by atomic mass is 32.1. The molecule has 120 valence electrons. The van der Waals surface area contributed by atoms with Gasteiger partial charge in [-0.2, -0.15) is 12.6 Å². The first-order valence-electron chi connectivity index (χ1n) is 7.74. The van der Waals surface area contributed by atoms with E-state index in [1.165, 1.54) is 5.56 Å². The minimum atomic E-state index is -0.244. The van der Waals surface area contributed by atoms with Crippen molar-refractivity contribution in [3.05, 3.63) is 29.8 Å². The second kappa shape index (κ2) is 8.09. The Kier molecular flexibility index (Phi) is 7.08. The summed E-state index contributed by atoms with van der Waals surface area (Å²) in [6, 6.07) is 8.43. The second-order valence-electron chi connectivity index (χ2n) is 6.94. The molecule has 2 unspecified atom stereocenters. The molecule has 0 bridgehead atoms. The first-order valence-corrected chi connectivity index (χ1v) is 8.38. The van der Waals surface area contributed by atoms with Crippen LogP contribution in [-0.2, 0) is 4.74 Å². The van der Waals surface area contributed by atoms with Crippen molar-refractivity contribution in [3.63, 3.8) is 0 Å². The van der Waals surface area contributed by atoms with Crippen LogP contribution in [0, 0.1) is 11.3 Å². The van der Waals surface area contributed by atoms with Crippen LogP contribution in [0.25, 0.3) is 0 Å². The van der Waals surface area contributed by atoms with Gasteiger partial charge in [0.1, 0.15) is 5.75 Å². The molecule has 3 heteroatoms. The summed E-state index contributed by atoms with van der Waals surface area (Å²) in [6.45, 7) is 14.0. The van der Waals surface area contributed by atoms with Crippen molar-refractivity contribution in [3.8, 4) is 5.75 Å². The topological polar surface area (TPSA) is 18.5 Å². The lowest BCUT2D eigenvalue weighted by atomic mass is 9.70. The van der Waals surface area contributed by atoms with Gasteiger partial charge in [0.05, 0.1) is 6.61 Å². The summed E-state index contributed by atoms with van der Waals surface area (Å²) >= 11 is 4.12. The minimum absolute atomic E-state index is 0.244. The highest BCUT2D eigenvalue weighted by Crippen LogP contribution is 2.40. The molecule has 0 N–H and O–H groups in total. The summed E-state index contributed by atoms with van der Waals surface area (Å²) < 4.78 is 11.2. The van der Waals surface area contributed by atoms with E-state index in [4.69, 9.17) is 9.47 Å². The standard InChI is InChI=1S/C18H30O2S/c1-13(2)17(18(4,5)6)15-7-9-16(10-8-15)20-14(3)19-11-12-21/h7-10,13-14,17,21H,11-12H2,1-6H3. The van der Waals surface area contributed by atoms with Gasteiger partial charge >= 0.3 is 0 Å². The lowest BCUT2D eigenvalue weighted by Crippen LogP contribution is -2.23. The summed E-state index contributed by atoms with van der Waals surface area (Å²) in [5, 5.41) is 0. The van der Waals surface area contributed by atoms with E-state index in [1.54, 1.807) is 0 Å². The molecular weight excluding hydrogens is 280 g/mol. The van der Waals surface area contributed by atoms with Gasteiger partial charge in [0.2, 0.25) is 0 Å². The van der Waals surface area contributed by atoms with Crippen LogP contribution in [0.15, 0.2) is 24.3 Å². The Labute approximate surface area is 135 Å². The Bertz CT molecular complexity index is 406. The van der Waals surface area contributed by atoms with E-state index >= 15 is 0 Å². The Hall–Kier alpha value is -0.670. The molecule has 0 aromatic heterocycles. The zero-order chi connectivity index (χ0) is 16.0. The summed E-state index contributed by atoms with van der Waals surface area (Å²) in [5.41, 5.74) is 1.62. The second-order valence-corrected chi connectivity index (χ2v) is 7.38. The molecule has 0 aliphatic heterocycles. The number of hydrogen-bond acceptors (Lipinski definition) is 3. The Balaban J connectivity index is 2.77. The van der Waals surface area contributed by atoms with Gasteiger partial charge < -0.3 is 9.47 Å². The lowest BCUT2D eigenvalue weighted by molar-refractivity contribution is -0.0601. The van der Waals surface area contributed by atoms with Crippen LogP contribution < -0.4 is 4.74 Å². The third-order valence-electron chi connectivity index (χ3n) is 3.58. The van der Waals surface area contributed by atoms with E-state index in [-0.39, 0.29) is 11.7 Å². The van der Waals surface area contributed by atoms with Crippen molar-refractivity contribution in [2.75, 3.05) is 12.4 Å². The van der Waals surface area contributed by atoms with E-state index in [0.29, 0.717) is 24.2 Å². The summed E-state index contributed by atoms with van der Waals surface area (Å²) in [6.07, 6.45) is -0.244. The Morgan fingerprint density at radius 1 is 1.05 bits per heavy atom. The monoisotopic (exact) mass is 310 g/mol. The van der Waals surface area contributed by atoms with Crippen LogP contribution in [0.1, 0.15) is 53.0 Å². The molecule has 0 amide bonds. The minimum Gasteiger partial charge on any atom is -0.465 e. The molecule has 2 atom stereocenters.